The Morgan fingerprint density at radius 1 is 0.690 bits per heavy atom. The standard InChI is InChI=1S/C56H50O2/c1-8-51(57)58-28-12-27-56(9-2)47-14-11-10-13-42(47)45-24-19-36(32-50(45)56)35-18-23-43-44-25-20-37(33-49(44)55(6,7)48(43)31-35)41-22-17-34-15-16-38-29-40(54(3,4)5)30-39-21-26-46(41)53(34)52(38)39/h8-11,13-26,29-33,52-53H,1-2,12,27-28H2,3-7H3. The maximum absolute atomic E-state index is 11.8. The molecule has 0 heterocycles. The number of benzene rings is 4. The van der Waals surface area contributed by atoms with Crippen molar-refractivity contribution in [2.45, 2.75) is 58.3 Å². The van der Waals surface area contributed by atoms with Crippen LogP contribution in [0.25, 0.3) is 39.0 Å². The van der Waals surface area contributed by atoms with Crippen LogP contribution >= 0.6 is 0 Å². The molecule has 58 heavy (non-hydrogen) atoms. The zero-order valence-electron chi connectivity index (χ0n) is 34.3. The van der Waals surface area contributed by atoms with Crippen molar-refractivity contribution in [3.05, 3.63) is 208 Å². The minimum atomic E-state index is -0.385. The molecule has 0 fully saturated rings. The molecule has 10 rings (SSSR count). The molecule has 0 N–H and O–H groups in total. The Kier molecular flexibility index (Phi) is 8.16. The number of carbonyl (C=O) groups is 1. The second-order valence-corrected chi connectivity index (χ2v) is 18.4. The summed E-state index contributed by atoms with van der Waals surface area (Å²) in [5, 5.41) is 0. The van der Waals surface area contributed by atoms with E-state index in [1.807, 2.05) is 0 Å². The lowest BCUT2D eigenvalue weighted by Crippen LogP contribution is -2.30. The Bertz CT molecular complexity index is 2740. The summed E-state index contributed by atoms with van der Waals surface area (Å²) < 4.78 is 5.40. The lowest BCUT2D eigenvalue weighted by atomic mass is 9.61. The first-order valence-corrected chi connectivity index (χ1v) is 20.9. The summed E-state index contributed by atoms with van der Waals surface area (Å²) in [6.07, 6.45) is 23.9. The van der Waals surface area contributed by atoms with Gasteiger partial charge in [0.1, 0.15) is 0 Å². The van der Waals surface area contributed by atoms with Crippen molar-refractivity contribution in [2.24, 2.45) is 17.3 Å². The van der Waals surface area contributed by atoms with Crippen molar-refractivity contribution in [1.29, 1.82) is 0 Å². The average Bonchev–Trinajstić information content (AvgIpc) is 3.64. The maximum Gasteiger partial charge on any atom is 0.330 e. The smallest absolute Gasteiger partial charge is 0.330 e. The van der Waals surface area contributed by atoms with Crippen LogP contribution in [0.5, 0.6) is 0 Å². The molecule has 0 saturated carbocycles. The van der Waals surface area contributed by atoms with Gasteiger partial charge < -0.3 is 4.74 Å². The molecule has 6 aliphatic rings. The third-order valence-electron chi connectivity index (χ3n) is 13.9. The zero-order valence-corrected chi connectivity index (χ0v) is 34.3. The Morgan fingerprint density at radius 2 is 1.31 bits per heavy atom. The topological polar surface area (TPSA) is 26.3 Å². The number of ether oxygens (including phenoxy) is 1. The SMILES string of the molecule is C=CC(=O)OCCCC1(C=C)c2ccccc2-c2ccc(-c3ccc4c(c3)C(C)(C)c3cc(C5=CC=C6C=CC7=CC(C(C)(C)C)=CC8=CC=C5C6C87)ccc3-4)cc21. The molecule has 286 valence electrons. The fourth-order valence-corrected chi connectivity index (χ4v) is 10.8. The first-order chi connectivity index (χ1) is 27.9. The van der Waals surface area contributed by atoms with E-state index in [4.69, 9.17) is 4.74 Å². The van der Waals surface area contributed by atoms with Gasteiger partial charge in [0.25, 0.3) is 0 Å². The Balaban J connectivity index is 0.989. The van der Waals surface area contributed by atoms with Gasteiger partial charge in [0.2, 0.25) is 0 Å². The molecule has 4 aromatic carbocycles. The molecule has 4 aromatic rings. The second-order valence-electron chi connectivity index (χ2n) is 18.4. The molecule has 6 aliphatic carbocycles. The second kappa shape index (κ2) is 13.0. The van der Waals surface area contributed by atoms with Gasteiger partial charge in [-0.25, -0.2) is 4.79 Å². The summed E-state index contributed by atoms with van der Waals surface area (Å²) in [6, 6.07) is 29.9. The highest BCUT2D eigenvalue weighted by Crippen LogP contribution is 2.56. The van der Waals surface area contributed by atoms with Crippen molar-refractivity contribution in [2.75, 3.05) is 6.61 Å². The molecule has 3 atom stereocenters. The van der Waals surface area contributed by atoms with Crippen LogP contribution in [-0.4, -0.2) is 12.6 Å². The van der Waals surface area contributed by atoms with Crippen molar-refractivity contribution in [3.8, 4) is 33.4 Å². The first kappa shape index (κ1) is 36.4. The largest absolute Gasteiger partial charge is 0.463 e. The Labute approximate surface area is 343 Å². The fraction of sp³-hybridized carbons (Fsp3) is 0.232. The number of hydrogen-bond acceptors (Lipinski definition) is 2. The van der Waals surface area contributed by atoms with Crippen molar-refractivity contribution >= 4 is 11.5 Å². The van der Waals surface area contributed by atoms with E-state index >= 15 is 0 Å². The van der Waals surface area contributed by atoms with E-state index in [0.717, 1.165) is 6.42 Å². The van der Waals surface area contributed by atoms with Crippen LogP contribution in [-0.2, 0) is 20.4 Å². The number of hydrogen-bond donors (Lipinski definition) is 0. The molecule has 2 nitrogen and oxygen atoms in total. The van der Waals surface area contributed by atoms with Crippen molar-refractivity contribution in [3.63, 3.8) is 0 Å². The van der Waals surface area contributed by atoms with Gasteiger partial charge in [0, 0.05) is 28.7 Å². The number of fused-ring (bicyclic) bond motifs is 6. The van der Waals surface area contributed by atoms with Gasteiger partial charge in [0.05, 0.1) is 6.61 Å². The predicted molar refractivity (Wildman–Crippen MR) is 240 cm³/mol. The molecule has 0 saturated heterocycles. The van der Waals surface area contributed by atoms with Gasteiger partial charge in [-0.1, -0.05) is 157 Å². The van der Waals surface area contributed by atoms with Crippen LogP contribution in [0.1, 0.15) is 75.3 Å². The summed E-state index contributed by atoms with van der Waals surface area (Å²) in [5.41, 5.74) is 22.1. The minimum absolute atomic E-state index is 0.108. The summed E-state index contributed by atoms with van der Waals surface area (Å²) in [7, 11) is 0. The zero-order chi connectivity index (χ0) is 40.1. The average molecular weight is 755 g/mol. The molecule has 3 unspecified atom stereocenters. The van der Waals surface area contributed by atoms with E-state index in [-0.39, 0.29) is 22.2 Å². The molecular formula is C56H50O2. The molecule has 0 bridgehead atoms. The van der Waals surface area contributed by atoms with Gasteiger partial charge in [0.15, 0.2) is 0 Å². The number of allylic oxidation sites excluding steroid dienone is 15. The quantitative estimate of drug-likeness (QED) is 0.0775. The third-order valence-corrected chi connectivity index (χ3v) is 13.9. The molecule has 2 heteroatoms. The highest BCUT2D eigenvalue weighted by molar-refractivity contribution is 5.91. The van der Waals surface area contributed by atoms with Crippen molar-refractivity contribution < 1.29 is 9.53 Å². The Hall–Kier alpha value is -5.99. The predicted octanol–water partition coefficient (Wildman–Crippen LogP) is 13.5. The summed E-state index contributed by atoms with van der Waals surface area (Å²) >= 11 is 0. The third kappa shape index (κ3) is 5.34. The molecule has 0 aromatic heterocycles. The van der Waals surface area contributed by atoms with Crippen LogP contribution in [0.15, 0.2) is 181 Å². The van der Waals surface area contributed by atoms with Gasteiger partial charge in [-0.2, -0.15) is 0 Å². The lowest BCUT2D eigenvalue weighted by molar-refractivity contribution is -0.137. The minimum Gasteiger partial charge on any atom is -0.463 e. The van der Waals surface area contributed by atoms with E-state index in [1.54, 1.807) is 0 Å². The van der Waals surface area contributed by atoms with Crippen LogP contribution in [0, 0.1) is 17.3 Å². The molecule has 0 amide bonds. The number of esters is 1. The molecular weight excluding hydrogens is 705 g/mol. The highest BCUT2D eigenvalue weighted by Gasteiger charge is 2.43. The molecule has 0 aliphatic heterocycles. The normalized spacial score (nSPS) is 22.4. The highest BCUT2D eigenvalue weighted by atomic mass is 16.5. The van der Waals surface area contributed by atoms with Gasteiger partial charge in [-0.3, -0.25) is 0 Å². The van der Waals surface area contributed by atoms with E-state index in [2.05, 4.69) is 181 Å². The lowest BCUT2D eigenvalue weighted by Gasteiger charge is -2.42. The van der Waals surface area contributed by atoms with Crippen molar-refractivity contribution in [1.82, 2.24) is 0 Å². The van der Waals surface area contributed by atoms with E-state index < -0.39 is 0 Å². The summed E-state index contributed by atoms with van der Waals surface area (Å²) in [5.74, 6) is 0.320. The van der Waals surface area contributed by atoms with E-state index in [0.29, 0.717) is 24.9 Å². The number of carbonyl (C=O) groups excluding carboxylic acids is 1. The number of rotatable bonds is 8. The monoisotopic (exact) mass is 754 g/mol. The van der Waals surface area contributed by atoms with E-state index in [1.165, 1.54) is 101 Å². The fourth-order valence-electron chi connectivity index (χ4n) is 10.8. The first-order valence-electron chi connectivity index (χ1n) is 20.9. The summed E-state index contributed by atoms with van der Waals surface area (Å²) in [4.78, 5) is 11.8. The Morgan fingerprint density at radius 3 is 2.02 bits per heavy atom. The molecule has 0 spiro atoms. The van der Waals surface area contributed by atoms with Gasteiger partial charge >= 0.3 is 5.97 Å². The van der Waals surface area contributed by atoms with Crippen LogP contribution in [0.3, 0.4) is 0 Å². The maximum atomic E-state index is 11.8. The van der Waals surface area contributed by atoms with Gasteiger partial charge in [-0.15, -0.1) is 6.58 Å². The van der Waals surface area contributed by atoms with Crippen LogP contribution in [0.4, 0.5) is 0 Å². The van der Waals surface area contributed by atoms with Gasteiger partial charge in [-0.05, 0) is 131 Å². The molecule has 0 radical (unpaired) electrons. The van der Waals surface area contributed by atoms with E-state index in [9.17, 15) is 4.79 Å². The summed E-state index contributed by atoms with van der Waals surface area (Å²) in [6.45, 7) is 20.0. The van der Waals surface area contributed by atoms with Crippen LogP contribution in [0.2, 0.25) is 0 Å². The van der Waals surface area contributed by atoms with Crippen LogP contribution < -0.4 is 0 Å².